The van der Waals surface area contributed by atoms with Crippen molar-refractivity contribution in [2.75, 3.05) is 0 Å². The summed E-state index contributed by atoms with van der Waals surface area (Å²) in [5.41, 5.74) is 16.4. The lowest BCUT2D eigenvalue weighted by atomic mass is 9.82. The lowest BCUT2D eigenvalue weighted by Crippen LogP contribution is -2.14. The first-order valence-corrected chi connectivity index (χ1v) is 22.8. The Morgan fingerprint density at radius 2 is 0.717 bits per heavy atom. The second kappa shape index (κ2) is 11.3. The number of fused-ring (bicyclic) bond motifs is 12. The van der Waals surface area contributed by atoms with Crippen molar-refractivity contribution in [3.8, 4) is 44.5 Å². The molecule has 2 aliphatic carbocycles. The Morgan fingerprint density at radius 3 is 1.18 bits per heavy atom. The van der Waals surface area contributed by atoms with E-state index in [4.69, 9.17) is 0 Å². The van der Waals surface area contributed by atoms with Gasteiger partial charge in [-0.15, -0.1) is 22.7 Å². The Bertz CT molecular complexity index is 3630. The molecule has 0 saturated heterocycles. The van der Waals surface area contributed by atoms with Gasteiger partial charge < -0.3 is 0 Å². The maximum Gasteiger partial charge on any atom is 0.0358 e. The molecule has 0 spiro atoms. The average Bonchev–Trinajstić information content (AvgIpc) is 3.95. The van der Waals surface area contributed by atoms with E-state index in [1.165, 1.54) is 139 Å². The summed E-state index contributed by atoms with van der Waals surface area (Å²) in [7, 11) is 0. The van der Waals surface area contributed by atoms with Gasteiger partial charge in [0.1, 0.15) is 0 Å². The first-order chi connectivity index (χ1) is 29.2. The molecule has 2 heteroatoms. The minimum atomic E-state index is -0.000734. The Morgan fingerprint density at radius 1 is 0.300 bits per heavy atom. The molecule has 0 bridgehead atoms. The molecule has 12 aromatic rings. The fourth-order valence-electron chi connectivity index (χ4n) is 11.6. The molecule has 282 valence electrons. The monoisotopic (exact) mass is 798 g/mol. The van der Waals surface area contributed by atoms with Gasteiger partial charge in [-0.25, -0.2) is 0 Å². The van der Waals surface area contributed by atoms with Crippen LogP contribution in [0.3, 0.4) is 0 Å². The zero-order valence-electron chi connectivity index (χ0n) is 33.8. The second-order valence-electron chi connectivity index (χ2n) is 18.4. The fraction of sp³-hybridized carbons (Fsp3) is 0.103. The van der Waals surface area contributed by atoms with Crippen LogP contribution in [-0.4, -0.2) is 0 Å². The summed E-state index contributed by atoms with van der Waals surface area (Å²) in [6, 6.07) is 61.0. The van der Waals surface area contributed by atoms with Crippen LogP contribution < -0.4 is 0 Å². The first kappa shape index (κ1) is 33.5. The van der Waals surface area contributed by atoms with Crippen molar-refractivity contribution < 1.29 is 0 Å². The number of benzene rings is 10. The highest BCUT2D eigenvalue weighted by atomic mass is 32.1. The van der Waals surface area contributed by atoms with Gasteiger partial charge in [-0.3, -0.25) is 0 Å². The van der Waals surface area contributed by atoms with Crippen LogP contribution in [0, 0.1) is 0 Å². The van der Waals surface area contributed by atoms with Gasteiger partial charge in [-0.2, -0.15) is 0 Å². The summed E-state index contributed by atoms with van der Waals surface area (Å²) >= 11 is 3.85. The summed E-state index contributed by atoms with van der Waals surface area (Å²) in [5, 5.41) is 13.3. The summed E-state index contributed by atoms with van der Waals surface area (Å²) in [5.74, 6) is 0. The number of hydrogen-bond donors (Lipinski definition) is 0. The van der Waals surface area contributed by atoms with Crippen LogP contribution in [0.4, 0.5) is 0 Å². The van der Waals surface area contributed by atoms with E-state index in [-0.39, 0.29) is 10.8 Å². The topological polar surface area (TPSA) is 0 Å². The molecule has 60 heavy (non-hydrogen) atoms. The number of thiophene rings is 2. The zero-order valence-corrected chi connectivity index (χ0v) is 35.5. The third-order valence-electron chi connectivity index (χ3n) is 14.6. The summed E-state index contributed by atoms with van der Waals surface area (Å²) in [6.07, 6.45) is 0. The van der Waals surface area contributed by atoms with Crippen molar-refractivity contribution in [1.29, 1.82) is 0 Å². The lowest BCUT2D eigenvalue weighted by Gasteiger charge is -2.21. The molecule has 2 aliphatic rings. The van der Waals surface area contributed by atoms with E-state index in [9.17, 15) is 0 Å². The molecule has 0 aliphatic heterocycles. The summed E-state index contributed by atoms with van der Waals surface area (Å²) < 4.78 is 5.44. The van der Waals surface area contributed by atoms with Crippen molar-refractivity contribution >= 4 is 95.3 Å². The normalized spacial score (nSPS) is 14.9. The van der Waals surface area contributed by atoms with Crippen LogP contribution in [0.1, 0.15) is 49.9 Å². The van der Waals surface area contributed by atoms with E-state index < -0.39 is 0 Å². The van der Waals surface area contributed by atoms with Gasteiger partial charge in [-0.05, 0) is 148 Å². The van der Waals surface area contributed by atoms with Gasteiger partial charge in [0.15, 0.2) is 0 Å². The molecule has 2 aromatic heterocycles. The van der Waals surface area contributed by atoms with Gasteiger partial charge in [0, 0.05) is 51.2 Å². The molecule has 0 amide bonds. The molecule has 0 radical (unpaired) electrons. The van der Waals surface area contributed by atoms with Crippen molar-refractivity contribution in [3.05, 3.63) is 180 Å². The highest BCUT2D eigenvalue weighted by Crippen LogP contribution is 2.54. The Labute approximate surface area is 356 Å². The SMILES string of the molecule is CC1(C)c2ccccc2-c2cc3c(cc21)sc1ccc(-c2ccc4ccc5c(-c6ccc7sc8cc9c(cc8c7c6)-c6ccccc6C9(C)C)ccc6ccc2c4c65)cc13. The van der Waals surface area contributed by atoms with E-state index in [1.807, 2.05) is 22.7 Å². The number of rotatable bonds is 2. The standard InChI is InChI=1S/C58H38S2/c1-57(2)47-11-7-5-9-37(47)41-27-45-43-25-33(17-23-51(43)59-53(45)29-49(41)57)35-19-13-31-16-22-40-36(20-14-32-15-21-39(35)55(31)56(32)40)34-18-24-52-44(26-34)46-28-42-38-10-6-8-12-48(38)58(3,4)50(42)30-54(46)60-52/h5-30H,1-4H3. The van der Waals surface area contributed by atoms with E-state index in [0.29, 0.717) is 0 Å². The predicted molar refractivity (Wildman–Crippen MR) is 262 cm³/mol. The quantitative estimate of drug-likeness (QED) is 0.153. The molecule has 10 aromatic carbocycles. The maximum atomic E-state index is 2.48. The second-order valence-corrected chi connectivity index (χ2v) is 20.6. The summed E-state index contributed by atoms with van der Waals surface area (Å²) in [6.45, 7) is 9.50. The van der Waals surface area contributed by atoms with Gasteiger partial charge >= 0.3 is 0 Å². The molecule has 0 atom stereocenters. The molecule has 0 N–H and O–H groups in total. The van der Waals surface area contributed by atoms with Crippen LogP contribution in [-0.2, 0) is 10.8 Å². The van der Waals surface area contributed by atoms with E-state index in [0.717, 1.165) is 0 Å². The van der Waals surface area contributed by atoms with Crippen LogP contribution in [0.2, 0.25) is 0 Å². The first-order valence-electron chi connectivity index (χ1n) is 21.1. The smallest absolute Gasteiger partial charge is 0.0358 e. The van der Waals surface area contributed by atoms with Crippen LogP contribution >= 0.6 is 22.7 Å². The molecule has 14 rings (SSSR count). The minimum Gasteiger partial charge on any atom is -0.135 e. The third kappa shape index (κ3) is 4.20. The molecule has 2 heterocycles. The third-order valence-corrected chi connectivity index (χ3v) is 16.9. The largest absolute Gasteiger partial charge is 0.135 e. The van der Waals surface area contributed by atoms with E-state index in [1.54, 1.807) is 0 Å². The van der Waals surface area contributed by atoms with Gasteiger partial charge in [0.2, 0.25) is 0 Å². The van der Waals surface area contributed by atoms with Crippen molar-refractivity contribution in [2.24, 2.45) is 0 Å². The molecule has 0 nitrogen and oxygen atoms in total. The summed E-state index contributed by atoms with van der Waals surface area (Å²) in [4.78, 5) is 0. The Kier molecular flexibility index (Phi) is 6.30. The van der Waals surface area contributed by atoms with Crippen LogP contribution in [0.15, 0.2) is 158 Å². The molecule has 0 saturated carbocycles. The van der Waals surface area contributed by atoms with E-state index in [2.05, 4.69) is 185 Å². The van der Waals surface area contributed by atoms with Crippen molar-refractivity contribution in [3.63, 3.8) is 0 Å². The fourth-order valence-corrected chi connectivity index (χ4v) is 13.8. The average molecular weight is 799 g/mol. The molecule has 0 unspecified atom stereocenters. The lowest BCUT2D eigenvalue weighted by molar-refractivity contribution is 0.661. The zero-order chi connectivity index (χ0) is 39.8. The molecular weight excluding hydrogens is 761 g/mol. The van der Waals surface area contributed by atoms with Gasteiger partial charge in [-0.1, -0.05) is 137 Å². The van der Waals surface area contributed by atoms with Gasteiger partial charge in [0.05, 0.1) is 0 Å². The minimum absolute atomic E-state index is 0.000734. The van der Waals surface area contributed by atoms with Crippen LogP contribution in [0.25, 0.3) is 117 Å². The maximum absolute atomic E-state index is 2.48. The van der Waals surface area contributed by atoms with Crippen molar-refractivity contribution in [1.82, 2.24) is 0 Å². The van der Waals surface area contributed by atoms with Gasteiger partial charge in [0.25, 0.3) is 0 Å². The van der Waals surface area contributed by atoms with Crippen LogP contribution in [0.5, 0.6) is 0 Å². The number of hydrogen-bond acceptors (Lipinski definition) is 2. The Balaban J connectivity index is 0.931. The highest BCUT2D eigenvalue weighted by molar-refractivity contribution is 7.26. The molecule has 0 fully saturated rings. The highest BCUT2D eigenvalue weighted by Gasteiger charge is 2.37. The molecular formula is C58H38S2. The predicted octanol–water partition coefficient (Wildman–Crippen LogP) is 17.3. The van der Waals surface area contributed by atoms with E-state index >= 15 is 0 Å². The van der Waals surface area contributed by atoms with Crippen molar-refractivity contribution in [2.45, 2.75) is 38.5 Å². The Hall–Kier alpha value is -6.32.